The fraction of sp³-hybridized carbons (Fsp3) is 0.400. The zero-order valence-corrected chi connectivity index (χ0v) is 9.30. The first-order valence-electron chi connectivity index (χ1n) is 4.66. The quantitative estimate of drug-likeness (QED) is 0.848. The second-order valence-corrected chi connectivity index (χ2v) is 5.72. The largest absolute Gasteiger partial charge is 0.323 e. The summed E-state index contributed by atoms with van der Waals surface area (Å²) in [6, 6.07) is 5.16. The molecule has 0 aromatic heterocycles. The summed E-state index contributed by atoms with van der Waals surface area (Å²) in [6.45, 7) is 1.55. The van der Waals surface area contributed by atoms with Gasteiger partial charge in [0.15, 0.2) is 9.84 Å². The molecule has 0 heterocycles. The first-order valence-corrected chi connectivity index (χ1v) is 6.49. The molecule has 0 spiro atoms. The lowest BCUT2D eigenvalue weighted by atomic mass is 10.1. The minimum Gasteiger partial charge on any atom is -0.323 e. The van der Waals surface area contributed by atoms with E-state index < -0.39 is 21.7 Å². The van der Waals surface area contributed by atoms with Crippen molar-refractivity contribution in [1.29, 1.82) is 0 Å². The summed E-state index contributed by atoms with van der Waals surface area (Å²) in [5.74, 6) is -0.657. The number of hydrogen-bond acceptors (Lipinski definition) is 3. The highest BCUT2D eigenvalue weighted by atomic mass is 32.2. The maximum atomic E-state index is 13.2. The van der Waals surface area contributed by atoms with Crippen LogP contribution < -0.4 is 5.73 Å². The van der Waals surface area contributed by atoms with Gasteiger partial charge < -0.3 is 5.73 Å². The molecule has 1 aromatic rings. The van der Waals surface area contributed by atoms with Gasteiger partial charge in [0.25, 0.3) is 0 Å². The molecule has 0 amide bonds. The Labute approximate surface area is 89.0 Å². The van der Waals surface area contributed by atoms with Crippen molar-refractivity contribution in [3.05, 3.63) is 35.6 Å². The molecule has 0 aliphatic heterocycles. The lowest BCUT2D eigenvalue weighted by molar-refractivity contribution is 0.576. The highest BCUT2D eigenvalue weighted by Gasteiger charge is 2.17. The van der Waals surface area contributed by atoms with Crippen molar-refractivity contribution < 1.29 is 12.8 Å². The molecule has 0 aliphatic rings. The molecule has 1 atom stereocenters. The summed E-state index contributed by atoms with van der Waals surface area (Å²) < 4.78 is 35.8. The number of nitrogens with two attached hydrogens (primary N) is 1. The van der Waals surface area contributed by atoms with E-state index in [0.29, 0.717) is 0 Å². The Morgan fingerprint density at radius 3 is 2.53 bits per heavy atom. The Morgan fingerprint density at radius 1 is 1.40 bits per heavy atom. The van der Waals surface area contributed by atoms with Crippen LogP contribution in [0.5, 0.6) is 0 Å². The van der Waals surface area contributed by atoms with Crippen LogP contribution in [0.1, 0.15) is 18.5 Å². The second kappa shape index (κ2) is 4.72. The second-order valence-electron chi connectivity index (χ2n) is 3.33. The van der Waals surface area contributed by atoms with E-state index in [4.69, 9.17) is 5.73 Å². The molecule has 1 unspecified atom stereocenters. The van der Waals surface area contributed by atoms with Crippen molar-refractivity contribution in [1.82, 2.24) is 0 Å². The van der Waals surface area contributed by atoms with Gasteiger partial charge in [-0.05, 0) is 6.07 Å². The van der Waals surface area contributed by atoms with Gasteiger partial charge in [0.1, 0.15) is 5.82 Å². The number of benzene rings is 1. The average molecular weight is 231 g/mol. The van der Waals surface area contributed by atoms with E-state index in [2.05, 4.69) is 0 Å². The topological polar surface area (TPSA) is 60.2 Å². The molecule has 1 rings (SSSR count). The van der Waals surface area contributed by atoms with E-state index >= 15 is 0 Å². The summed E-state index contributed by atoms with van der Waals surface area (Å²) in [5, 5.41) is 0. The predicted molar refractivity (Wildman–Crippen MR) is 57.7 cm³/mol. The fourth-order valence-electron chi connectivity index (χ4n) is 1.26. The van der Waals surface area contributed by atoms with Crippen LogP contribution in [-0.2, 0) is 9.84 Å². The molecule has 0 aliphatic carbocycles. The van der Waals surface area contributed by atoms with E-state index in [9.17, 15) is 12.8 Å². The summed E-state index contributed by atoms with van der Waals surface area (Å²) in [4.78, 5) is 0. The van der Waals surface area contributed by atoms with E-state index in [1.165, 1.54) is 12.1 Å². The molecule has 1 aromatic carbocycles. The molecule has 0 fully saturated rings. The molecule has 0 radical (unpaired) electrons. The smallest absolute Gasteiger partial charge is 0.151 e. The van der Waals surface area contributed by atoms with Crippen LogP contribution in [0.3, 0.4) is 0 Å². The minimum absolute atomic E-state index is 0.0230. The third kappa shape index (κ3) is 3.28. The highest BCUT2D eigenvalue weighted by Crippen LogP contribution is 2.16. The van der Waals surface area contributed by atoms with Gasteiger partial charge in [0.05, 0.1) is 5.75 Å². The SMILES string of the molecule is CCS(=O)(=O)CC(N)c1ccccc1F. The molecule has 84 valence electrons. The molecular formula is C10H14FNO2S. The van der Waals surface area contributed by atoms with Crippen LogP contribution in [0.25, 0.3) is 0 Å². The van der Waals surface area contributed by atoms with Crippen LogP contribution in [0.15, 0.2) is 24.3 Å². The first-order chi connectivity index (χ1) is 6.96. The Morgan fingerprint density at radius 2 is 2.00 bits per heavy atom. The summed E-state index contributed by atoms with van der Waals surface area (Å²) >= 11 is 0. The van der Waals surface area contributed by atoms with E-state index in [1.54, 1.807) is 19.1 Å². The fourth-order valence-corrected chi connectivity index (χ4v) is 2.22. The maximum absolute atomic E-state index is 13.2. The predicted octanol–water partition coefficient (Wildman–Crippen LogP) is 1.26. The van der Waals surface area contributed by atoms with Crippen molar-refractivity contribution in [3.8, 4) is 0 Å². The lowest BCUT2D eigenvalue weighted by Gasteiger charge is -2.12. The van der Waals surface area contributed by atoms with Crippen LogP contribution in [0, 0.1) is 5.82 Å². The minimum atomic E-state index is -3.18. The molecule has 5 heteroatoms. The molecule has 0 bridgehead atoms. The van der Waals surface area contributed by atoms with E-state index in [0.717, 1.165) is 0 Å². The van der Waals surface area contributed by atoms with Crippen molar-refractivity contribution in [3.63, 3.8) is 0 Å². The van der Waals surface area contributed by atoms with Gasteiger partial charge in [-0.1, -0.05) is 25.1 Å². The van der Waals surface area contributed by atoms with Crippen LogP contribution in [-0.4, -0.2) is 19.9 Å². The van der Waals surface area contributed by atoms with Gasteiger partial charge in [-0.15, -0.1) is 0 Å². The van der Waals surface area contributed by atoms with Crippen molar-refractivity contribution in [2.45, 2.75) is 13.0 Å². The first kappa shape index (κ1) is 12.1. The summed E-state index contributed by atoms with van der Waals surface area (Å²) in [5.41, 5.74) is 5.88. The Kier molecular flexibility index (Phi) is 3.82. The Bertz CT molecular complexity index is 431. The van der Waals surface area contributed by atoms with Gasteiger partial charge >= 0.3 is 0 Å². The van der Waals surface area contributed by atoms with Crippen molar-refractivity contribution in [2.24, 2.45) is 5.73 Å². The molecule has 3 nitrogen and oxygen atoms in total. The lowest BCUT2D eigenvalue weighted by Crippen LogP contribution is -2.23. The third-order valence-electron chi connectivity index (χ3n) is 2.18. The zero-order valence-electron chi connectivity index (χ0n) is 8.48. The third-order valence-corrected chi connectivity index (χ3v) is 3.92. The van der Waals surface area contributed by atoms with E-state index in [1.807, 2.05) is 0 Å². The van der Waals surface area contributed by atoms with Gasteiger partial charge in [0.2, 0.25) is 0 Å². The number of hydrogen-bond donors (Lipinski definition) is 1. The molecule has 15 heavy (non-hydrogen) atoms. The number of rotatable bonds is 4. The Hall–Kier alpha value is -0.940. The maximum Gasteiger partial charge on any atom is 0.151 e. The summed E-state index contributed by atoms with van der Waals surface area (Å²) in [6.07, 6.45) is 0. The van der Waals surface area contributed by atoms with Crippen LogP contribution >= 0.6 is 0 Å². The van der Waals surface area contributed by atoms with Gasteiger partial charge in [-0.25, -0.2) is 12.8 Å². The van der Waals surface area contributed by atoms with E-state index in [-0.39, 0.29) is 17.1 Å². The van der Waals surface area contributed by atoms with Crippen LogP contribution in [0.2, 0.25) is 0 Å². The molecule has 0 saturated heterocycles. The number of halogens is 1. The summed E-state index contributed by atoms with van der Waals surface area (Å²) in [7, 11) is -3.18. The molecule has 2 N–H and O–H groups in total. The van der Waals surface area contributed by atoms with Crippen molar-refractivity contribution >= 4 is 9.84 Å². The zero-order chi connectivity index (χ0) is 11.5. The van der Waals surface area contributed by atoms with Crippen molar-refractivity contribution in [2.75, 3.05) is 11.5 Å². The molecule has 0 saturated carbocycles. The Balaban J connectivity index is 2.87. The highest BCUT2D eigenvalue weighted by molar-refractivity contribution is 7.91. The normalized spacial score (nSPS) is 13.8. The van der Waals surface area contributed by atoms with Crippen LogP contribution in [0.4, 0.5) is 4.39 Å². The monoisotopic (exact) mass is 231 g/mol. The van der Waals surface area contributed by atoms with Gasteiger partial charge in [-0.2, -0.15) is 0 Å². The molecular weight excluding hydrogens is 217 g/mol. The number of sulfone groups is 1. The van der Waals surface area contributed by atoms with Gasteiger partial charge in [-0.3, -0.25) is 0 Å². The van der Waals surface area contributed by atoms with Gasteiger partial charge in [0, 0.05) is 17.4 Å². The average Bonchev–Trinajstić information content (AvgIpc) is 2.17. The standard InChI is InChI=1S/C10H14FNO2S/c1-2-15(13,14)7-10(12)8-5-3-4-6-9(8)11/h3-6,10H,2,7,12H2,1H3.